The van der Waals surface area contributed by atoms with Gasteiger partial charge in [-0.2, -0.15) is 11.8 Å². The van der Waals surface area contributed by atoms with Crippen LogP contribution in [0.1, 0.15) is 5.56 Å². The van der Waals surface area contributed by atoms with Gasteiger partial charge < -0.3 is 9.84 Å². The lowest BCUT2D eigenvalue weighted by Crippen LogP contribution is -2.27. The molecule has 112 valence electrons. The van der Waals surface area contributed by atoms with Crippen LogP contribution < -0.4 is 9.46 Å². The maximum atomic E-state index is 12.2. The lowest BCUT2D eigenvalue weighted by Gasteiger charge is -2.11. The summed E-state index contributed by atoms with van der Waals surface area (Å²) in [5, 5.41) is 8.88. The van der Waals surface area contributed by atoms with Crippen LogP contribution in [0.5, 0.6) is 5.75 Å². The van der Waals surface area contributed by atoms with Crippen LogP contribution in [0.2, 0.25) is 0 Å². The minimum Gasteiger partial charge on any atom is -0.497 e. The van der Waals surface area contributed by atoms with Gasteiger partial charge in [-0.1, -0.05) is 0 Å². The highest BCUT2D eigenvalue weighted by Crippen LogP contribution is 2.22. The van der Waals surface area contributed by atoms with Gasteiger partial charge in [0.1, 0.15) is 5.75 Å². The fourth-order valence-corrected chi connectivity index (χ4v) is 3.29. The number of carboxylic acid groups (broad SMARTS) is 1. The number of thioether (sulfide) groups is 1. The van der Waals surface area contributed by atoms with E-state index in [-0.39, 0.29) is 16.9 Å². The van der Waals surface area contributed by atoms with Crippen molar-refractivity contribution in [1.82, 2.24) is 4.72 Å². The fraction of sp³-hybridized carbons (Fsp3) is 0.417. The number of methoxy groups -OCH3 is 1. The molecule has 0 atom stereocenters. The van der Waals surface area contributed by atoms with Crippen molar-refractivity contribution >= 4 is 27.8 Å². The van der Waals surface area contributed by atoms with Gasteiger partial charge in [0, 0.05) is 12.3 Å². The molecular formula is C12H17NO5S2. The molecule has 0 bridgehead atoms. The summed E-state index contributed by atoms with van der Waals surface area (Å²) in [5.41, 5.74) is 0.202. The number of hydrogen-bond donors (Lipinski definition) is 2. The molecule has 2 N–H and O–H groups in total. The molecule has 0 aromatic heterocycles. The maximum Gasteiger partial charge on any atom is 0.307 e. The summed E-state index contributed by atoms with van der Waals surface area (Å²) in [6.07, 6.45) is 1.49. The van der Waals surface area contributed by atoms with Crippen molar-refractivity contribution in [2.45, 2.75) is 11.3 Å². The van der Waals surface area contributed by atoms with E-state index in [0.717, 1.165) is 0 Å². The quantitative estimate of drug-likeness (QED) is 0.694. The zero-order valence-electron chi connectivity index (χ0n) is 11.3. The number of rotatable bonds is 8. The molecule has 0 aliphatic heterocycles. The van der Waals surface area contributed by atoms with E-state index in [0.29, 0.717) is 18.0 Å². The van der Waals surface area contributed by atoms with Crippen LogP contribution in [0, 0.1) is 0 Å². The van der Waals surface area contributed by atoms with E-state index in [2.05, 4.69) is 4.72 Å². The third-order valence-corrected chi connectivity index (χ3v) is 4.67. The summed E-state index contributed by atoms with van der Waals surface area (Å²) in [6, 6.07) is 4.28. The average molecular weight is 319 g/mol. The van der Waals surface area contributed by atoms with Gasteiger partial charge in [-0.3, -0.25) is 4.79 Å². The Balaban J connectivity index is 3.11. The summed E-state index contributed by atoms with van der Waals surface area (Å²) < 4.78 is 31.7. The molecule has 1 rings (SSSR count). The zero-order chi connectivity index (χ0) is 15.2. The van der Waals surface area contributed by atoms with Gasteiger partial charge in [-0.25, -0.2) is 13.1 Å². The zero-order valence-corrected chi connectivity index (χ0v) is 12.9. The molecule has 0 amide bonds. The van der Waals surface area contributed by atoms with Crippen molar-refractivity contribution in [3.63, 3.8) is 0 Å². The summed E-state index contributed by atoms with van der Waals surface area (Å²) in [7, 11) is -2.28. The van der Waals surface area contributed by atoms with Crippen LogP contribution in [-0.4, -0.2) is 45.2 Å². The summed E-state index contributed by atoms with van der Waals surface area (Å²) in [4.78, 5) is 10.8. The first-order valence-electron chi connectivity index (χ1n) is 5.78. The number of sulfonamides is 1. The Hall–Kier alpha value is -1.25. The topological polar surface area (TPSA) is 92.7 Å². The number of ether oxygens (including phenoxy) is 1. The van der Waals surface area contributed by atoms with E-state index in [1.807, 2.05) is 6.26 Å². The SMILES string of the molecule is COc1ccc(S(=O)(=O)NCCSC)c(CC(=O)O)c1. The number of carboxylic acids is 1. The Kier molecular flexibility index (Phi) is 6.31. The highest BCUT2D eigenvalue weighted by Gasteiger charge is 2.20. The Morgan fingerprint density at radius 3 is 2.70 bits per heavy atom. The summed E-state index contributed by atoms with van der Waals surface area (Å²) in [6.45, 7) is 0.294. The van der Waals surface area contributed by atoms with E-state index in [9.17, 15) is 13.2 Å². The molecule has 0 heterocycles. The van der Waals surface area contributed by atoms with Crippen molar-refractivity contribution in [3.8, 4) is 5.75 Å². The molecule has 0 saturated carbocycles. The van der Waals surface area contributed by atoms with Crippen LogP contribution in [0.25, 0.3) is 0 Å². The smallest absolute Gasteiger partial charge is 0.307 e. The van der Waals surface area contributed by atoms with Crippen LogP contribution in [0.15, 0.2) is 23.1 Å². The van der Waals surface area contributed by atoms with Gasteiger partial charge in [0.2, 0.25) is 10.0 Å². The molecule has 0 aliphatic carbocycles. The molecule has 0 spiro atoms. The molecule has 1 aromatic rings. The van der Waals surface area contributed by atoms with Gasteiger partial charge in [-0.05, 0) is 30.0 Å². The largest absolute Gasteiger partial charge is 0.497 e. The molecule has 1 aromatic carbocycles. The Labute approximate surface area is 122 Å². The first kappa shape index (κ1) is 16.8. The molecule has 6 nitrogen and oxygen atoms in total. The number of nitrogens with one attached hydrogen (secondary N) is 1. The van der Waals surface area contributed by atoms with Crippen LogP contribution in [0.4, 0.5) is 0 Å². The molecule has 0 radical (unpaired) electrons. The average Bonchev–Trinajstić information content (AvgIpc) is 2.37. The summed E-state index contributed by atoms with van der Waals surface area (Å²) >= 11 is 1.52. The lowest BCUT2D eigenvalue weighted by atomic mass is 10.1. The molecule has 0 saturated heterocycles. The highest BCUT2D eigenvalue weighted by molar-refractivity contribution is 7.98. The van der Waals surface area contributed by atoms with Gasteiger partial charge >= 0.3 is 5.97 Å². The number of hydrogen-bond acceptors (Lipinski definition) is 5. The predicted molar refractivity (Wildman–Crippen MR) is 77.9 cm³/mol. The first-order chi connectivity index (χ1) is 9.40. The van der Waals surface area contributed by atoms with E-state index in [1.165, 1.54) is 37.1 Å². The van der Waals surface area contributed by atoms with Crippen molar-refractivity contribution in [2.24, 2.45) is 0 Å². The minimum absolute atomic E-state index is 0.0261. The minimum atomic E-state index is -3.72. The van der Waals surface area contributed by atoms with Crippen LogP contribution in [0.3, 0.4) is 0 Å². The van der Waals surface area contributed by atoms with Gasteiger partial charge in [-0.15, -0.1) is 0 Å². The van der Waals surface area contributed by atoms with E-state index < -0.39 is 16.0 Å². The number of benzene rings is 1. The van der Waals surface area contributed by atoms with Crippen LogP contribution >= 0.6 is 11.8 Å². The second-order valence-corrected chi connectivity index (χ2v) is 6.66. The van der Waals surface area contributed by atoms with Crippen molar-refractivity contribution in [2.75, 3.05) is 25.7 Å². The molecule has 0 aliphatic rings. The van der Waals surface area contributed by atoms with Gasteiger partial charge in [0.05, 0.1) is 18.4 Å². The Morgan fingerprint density at radius 2 is 2.15 bits per heavy atom. The molecule has 20 heavy (non-hydrogen) atoms. The third-order valence-electron chi connectivity index (χ3n) is 2.50. The molecule has 8 heteroatoms. The van der Waals surface area contributed by atoms with Crippen LogP contribution in [-0.2, 0) is 21.2 Å². The first-order valence-corrected chi connectivity index (χ1v) is 8.65. The fourth-order valence-electron chi connectivity index (χ4n) is 1.60. The van der Waals surface area contributed by atoms with Gasteiger partial charge in [0.25, 0.3) is 0 Å². The molecule has 0 unspecified atom stereocenters. The highest BCUT2D eigenvalue weighted by atomic mass is 32.2. The second-order valence-electron chi connectivity index (χ2n) is 3.93. The Bertz CT molecular complexity index is 571. The van der Waals surface area contributed by atoms with E-state index in [1.54, 1.807) is 0 Å². The number of aliphatic carboxylic acids is 1. The van der Waals surface area contributed by atoms with E-state index >= 15 is 0 Å². The van der Waals surface area contributed by atoms with Crippen molar-refractivity contribution < 1.29 is 23.1 Å². The van der Waals surface area contributed by atoms with Gasteiger partial charge in [0.15, 0.2) is 0 Å². The second kappa shape index (κ2) is 7.51. The predicted octanol–water partition coefficient (Wildman–Crippen LogP) is 0.964. The summed E-state index contributed by atoms with van der Waals surface area (Å²) in [5.74, 6) is -0.0351. The third kappa shape index (κ3) is 4.69. The molecule has 0 fully saturated rings. The lowest BCUT2D eigenvalue weighted by molar-refractivity contribution is -0.136. The monoisotopic (exact) mass is 319 g/mol. The molecular weight excluding hydrogens is 302 g/mol. The van der Waals surface area contributed by atoms with E-state index in [4.69, 9.17) is 9.84 Å². The van der Waals surface area contributed by atoms with Crippen molar-refractivity contribution in [3.05, 3.63) is 23.8 Å². The maximum absolute atomic E-state index is 12.2. The van der Waals surface area contributed by atoms with Crippen molar-refractivity contribution in [1.29, 1.82) is 0 Å². The normalized spacial score (nSPS) is 11.3. The number of carbonyl (C=O) groups is 1. The Morgan fingerprint density at radius 1 is 1.45 bits per heavy atom. The standard InChI is InChI=1S/C12H17NO5S2/c1-18-10-3-4-11(9(7-10)8-12(14)15)20(16,17)13-5-6-19-2/h3-4,7,13H,5-6,8H2,1-2H3,(H,14,15).